The molecule has 0 aliphatic carbocycles. The Morgan fingerprint density at radius 1 is 1.07 bits per heavy atom. The van der Waals surface area contributed by atoms with Gasteiger partial charge in [-0.1, -0.05) is 18.6 Å². The van der Waals surface area contributed by atoms with E-state index in [1.165, 1.54) is 37.9 Å². The van der Waals surface area contributed by atoms with Crippen LogP contribution in [0.1, 0.15) is 35.2 Å². The number of likely N-dealkylation sites (tertiary alicyclic amines) is 1. The highest BCUT2D eigenvalue weighted by molar-refractivity contribution is 5.94. The smallest absolute Gasteiger partial charge is 0.254 e. The van der Waals surface area contributed by atoms with Crippen LogP contribution in [0.25, 0.3) is 0 Å². The van der Waals surface area contributed by atoms with Gasteiger partial charge in [0, 0.05) is 31.7 Å². The summed E-state index contributed by atoms with van der Waals surface area (Å²) in [5, 5.41) is 3.36. The molecule has 4 rings (SSSR count). The molecule has 0 bridgehead atoms. The molecule has 1 amide bonds. The monoisotopic (exact) mass is 373 g/mol. The Hall–Kier alpha value is -1.47. The van der Waals surface area contributed by atoms with Crippen molar-refractivity contribution in [3.05, 3.63) is 35.4 Å². The molecule has 6 nitrogen and oxygen atoms in total. The molecule has 0 saturated carbocycles. The number of ether oxygens (including phenoxy) is 2. The van der Waals surface area contributed by atoms with E-state index in [4.69, 9.17) is 9.47 Å². The van der Waals surface area contributed by atoms with Crippen molar-refractivity contribution >= 4 is 5.91 Å². The maximum atomic E-state index is 13.0. The zero-order valence-corrected chi connectivity index (χ0v) is 16.1. The molecule has 6 heteroatoms. The van der Waals surface area contributed by atoms with Gasteiger partial charge in [0.05, 0.1) is 26.4 Å². The minimum Gasteiger partial charge on any atom is -0.377 e. The predicted octanol–water partition coefficient (Wildman–Crippen LogP) is 1.50. The Balaban J connectivity index is 1.38. The van der Waals surface area contributed by atoms with Crippen molar-refractivity contribution in [3.63, 3.8) is 0 Å². The number of carbonyl (C=O) groups excluding carboxylic acids is 1. The molecule has 3 fully saturated rings. The van der Waals surface area contributed by atoms with Crippen LogP contribution in [-0.4, -0.2) is 80.4 Å². The largest absolute Gasteiger partial charge is 0.377 e. The van der Waals surface area contributed by atoms with E-state index < -0.39 is 5.60 Å². The van der Waals surface area contributed by atoms with Crippen molar-refractivity contribution in [3.8, 4) is 0 Å². The normalized spacial score (nSPS) is 27.5. The van der Waals surface area contributed by atoms with Gasteiger partial charge in [0.15, 0.2) is 0 Å². The third kappa shape index (κ3) is 4.69. The maximum Gasteiger partial charge on any atom is 0.254 e. The third-order valence-electron chi connectivity index (χ3n) is 5.83. The summed E-state index contributed by atoms with van der Waals surface area (Å²) in [7, 11) is 0. The number of hydrogen-bond donors (Lipinski definition) is 1. The van der Waals surface area contributed by atoms with Crippen LogP contribution >= 0.6 is 0 Å². The van der Waals surface area contributed by atoms with Gasteiger partial charge >= 0.3 is 0 Å². The van der Waals surface area contributed by atoms with Crippen molar-refractivity contribution in [2.45, 2.75) is 31.4 Å². The van der Waals surface area contributed by atoms with Crippen LogP contribution in [0.3, 0.4) is 0 Å². The van der Waals surface area contributed by atoms with Crippen LogP contribution in [0.4, 0.5) is 0 Å². The van der Waals surface area contributed by atoms with Crippen LogP contribution in [0.15, 0.2) is 24.3 Å². The van der Waals surface area contributed by atoms with Gasteiger partial charge in [-0.3, -0.25) is 9.69 Å². The highest BCUT2D eigenvalue weighted by atomic mass is 16.5. The number of nitrogens with one attached hydrogen (secondary N) is 1. The first-order chi connectivity index (χ1) is 13.2. The average molecular weight is 373 g/mol. The Labute approximate surface area is 161 Å². The van der Waals surface area contributed by atoms with Crippen LogP contribution in [0, 0.1) is 0 Å². The Morgan fingerprint density at radius 2 is 1.89 bits per heavy atom. The molecule has 1 aromatic rings. The Morgan fingerprint density at radius 3 is 2.70 bits per heavy atom. The van der Waals surface area contributed by atoms with Gasteiger partial charge in [0.2, 0.25) is 0 Å². The van der Waals surface area contributed by atoms with E-state index in [2.05, 4.69) is 22.3 Å². The number of rotatable bonds is 3. The van der Waals surface area contributed by atoms with Crippen molar-refractivity contribution in [2.75, 3.05) is 59.1 Å². The molecule has 148 valence electrons. The number of amides is 1. The number of hydrogen-bond acceptors (Lipinski definition) is 5. The lowest BCUT2D eigenvalue weighted by Gasteiger charge is -2.41. The first kappa shape index (κ1) is 18.9. The van der Waals surface area contributed by atoms with Gasteiger partial charge in [-0.25, -0.2) is 0 Å². The summed E-state index contributed by atoms with van der Waals surface area (Å²) in [6, 6.07) is 8.17. The van der Waals surface area contributed by atoms with Crippen molar-refractivity contribution in [1.29, 1.82) is 0 Å². The van der Waals surface area contributed by atoms with Gasteiger partial charge in [-0.2, -0.15) is 0 Å². The zero-order chi connectivity index (χ0) is 18.5. The first-order valence-corrected chi connectivity index (χ1v) is 10.3. The van der Waals surface area contributed by atoms with E-state index in [0.29, 0.717) is 32.9 Å². The summed E-state index contributed by atoms with van der Waals surface area (Å²) in [4.78, 5) is 17.4. The molecule has 0 unspecified atom stereocenters. The molecule has 1 atom stereocenters. The molecule has 3 saturated heterocycles. The highest BCUT2D eigenvalue weighted by Crippen LogP contribution is 2.22. The molecule has 1 spiro atoms. The lowest BCUT2D eigenvalue weighted by Crippen LogP contribution is -2.59. The van der Waals surface area contributed by atoms with Crippen LogP contribution in [0.2, 0.25) is 0 Å². The van der Waals surface area contributed by atoms with Gasteiger partial charge in [0.1, 0.15) is 5.60 Å². The van der Waals surface area contributed by atoms with Gasteiger partial charge in [-0.15, -0.1) is 0 Å². The molecule has 3 heterocycles. The Bertz CT molecular complexity index is 620. The van der Waals surface area contributed by atoms with Gasteiger partial charge < -0.3 is 19.7 Å². The topological polar surface area (TPSA) is 54.0 Å². The maximum absolute atomic E-state index is 13.0. The van der Waals surface area contributed by atoms with Gasteiger partial charge in [-0.05, 0) is 43.6 Å². The zero-order valence-electron chi connectivity index (χ0n) is 16.1. The fourth-order valence-corrected chi connectivity index (χ4v) is 4.29. The van der Waals surface area contributed by atoms with E-state index in [9.17, 15) is 4.79 Å². The van der Waals surface area contributed by atoms with Gasteiger partial charge in [0.25, 0.3) is 5.91 Å². The van der Waals surface area contributed by atoms with Crippen LogP contribution in [0.5, 0.6) is 0 Å². The number of carbonyl (C=O) groups is 1. The summed E-state index contributed by atoms with van der Waals surface area (Å²) < 4.78 is 11.7. The molecule has 0 radical (unpaired) electrons. The number of nitrogens with zero attached hydrogens (tertiary/aromatic N) is 2. The van der Waals surface area contributed by atoms with Crippen LogP contribution < -0.4 is 5.32 Å². The molecule has 3 aliphatic heterocycles. The molecule has 0 aromatic heterocycles. The summed E-state index contributed by atoms with van der Waals surface area (Å²) >= 11 is 0. The number of morpholine rings is 1. The fourth-order valence-electron chi connectivity index (χ4n) is 4.29. The van der Waals surface area contributed by atoms with E-state index >= 15 is 0 Å². The minimum atomic E-state index is -0.418. The lowest BCUT2D eigenvalue weighted by molar-refractivity contribution is -0.125. The molecular formula is C21H31N3O3. The highest BCUT2D eigenvalue weighted by Gasteiger charge is 2.39. The quantitative estimate of drug-likeness (QED) is 0.870. The summed E-state index contributed by atoms with van der Waals surface area (Å²) in [5.41, 5.74) is 1.63. The lowest BCUT2D eigenvalue weighted by atomic mass is 10.0. The molecule has 27 heavy (non-hydrogen) atoms. The molecule has 1 aromatic carbocycles. The van der Waals surface area contributed by atoms with E-state index in [-0.39, 0.29) is 5.91 Å². The molecule has 1 N–H and O–H groups in total. The standard InChI is InChI=1S/C21H31N3O3/c25-20(24-11-13-27-21(16-24)15-22-8-12-26-17-21)19-6-4-18(5-7-19)14-23-9-2-1-3-10-23/h4-7,22H,1-3,8-17H2/t21-/m0/s1. The summed E-state index contributed by atoms with van der Waals surface area (Å²) in [6.45, 7) is 7.92. The van der Waals surface area contributed by atoms with E-state index in [1.54, 1.807) is 0 Å². The van der Waals surface area contributed by atoms with Crippen molar-refractivity contribution < 1.29 is 14.3 Å². The Kier molecular flexibility index (Phi) is 6.08. The summed E-state index contributed by atoms with van der Waals surface area (Å²) in [6.07, 6.45) is 3.95. The molecule has 3 aliphatic rings. The fraction of sp³-hybridized carbons (Fsp3) is 0.667. The number of benzene rings is 1. The second-order valence-corrected chi connectivity index (χ2v) is 8.02. The van der Waals surface area contributed by atoms with E-state index in [0.717, 1.165) is 25.2 Å². The first-order valence-electron chi connectivity index (χ1n) is 10.3. The predicted molar refractivity (Wildman–Crippen MR) is 104 cm³/mol. The second-order valence-electron chi connectivity index (χ2n) is 8.02. The number of piperidine rings is 1. The SMILES string of the molecule is O=C(c1ccc(CN2CCCCC2)cc1)N1CCO[C@@]2(CNCCOC2)C1. The third-order valence-corrected chi connectivity index (χ3v) is 5.83. The van der Waals surface area contributed by atoms with Crippen molar-refractivity contribution in [1.82, 2.24) is 15.1 Å². The second kappa shape index (κ2) is 8.69. The van der Waals surface area contributed by atoms with E-state index in [1.807, 2.05) is 17.0 Å². The molecular weight excluding hydrogens is 342 g/mol. The minimum absolute atomic E-state index is 0.0893. The van der Waals surface area contributed by atoms with Crippen molar-refractivity contribution in [2.24, 2.45) is 0 Å². The van der Waals surface area contributed by atoms with Crippen LogP contribution in [-0.2, 0) is 16.0 Å². The average Bonchev–Trinajstić information content (AvgIpc) is 2.94. The summed E-state index contributed by atoms with van der Waals surface area (Å²) in [5.74, 6) is 0.0893.